The number of rotatable bonds is 6. The van der Waals surface area contributed by atoms with Gasteiger partial charge in [0.1, 0.15) is 0 Å². The molecule has 0 atom stereocenters. The Kier molecular flexibility index (Phi) is 6.31. The van der Waals surface area contributed by atoms with Gasteiger partial charge in [-0.05, 0) is 24.6 Å². The predicted molar refractivity (Wildman–Crippen MR) is 79.2 cm³/mol. The Morgan fingerprint density at radius 1 is 1.37 bits per heavy atom. The van der Waals surface area contributed by atoms with Crippen LogP contribution < -0.4 is 5.73 Å². The Balaban J connectivity index is 2.93. The van der Waals surface area contributed by atoms with E-state index >= 15 is 0 Å². The second kappa shape index (κ2) is 7.50. The average Bonchev–Trinajstić information content (AvgIpc) is 2.32. The van der Waals surface area contributed by atoms with Crippen LogP contribution in [0.3, 0.4) is 0 Å². The highest BCUT2D eigenvalue weighted by molar-refractivity contribution is 9.10. The number of unbranched alkanes of at least 4 members (excludes halogenated alkanes) is 1. The lowest BCUT2D eigenvalue weighted by Gasteiger charge is -2.21. The third-order valence-electron chi connectivity index (χ3n) is 2.53. The van der Waals surface area contributed by atoms with Gasteiger partial charge in [0.25, 0.3) is 5.91 Å². The monoisotopic (exact) mass is 346 g/mol. The van der Waals surface area contributed by atoms with Crippen LogP contribution in [0.1, 0.15) is 30.1 Å². The number of carbonyl (C=O) groups excluding carboxylic acids is 2. The Labute approximate surface area is 126 Å². The van der Waals surface area contributed by atoms with Crippen molar-refractivity contribution in [2.75, 3.05) is 13.1 Å². The van der Waals surface area contributed by atoms with Crippen LogP contribution >= 0.6 is 27.5 Å². The fourth-order valence-electron chi connectivity index (χ4n) is 1.65. The molecule has 0 spiro atoms. The molecule has 1 aromatic carbocycles. The van der Waals surface area contributed by atoms with Crippen molar-refractivity contribution in [2.24, 2.45) is 5.73 Å². The van der Waals surface area contributed by atoms with Crippen LogP contribution in [0.5, 0.6) is 0 Å². The topological polar surface area (TPSA) is 63.4 Å². The number of carbonyl (C=O) groups is 2. The molecule has 0 aliphatic carbocycles. The number of amides is 2. The lowest BCUT2D eigenvalue weighted by atomic mass is 10.2. The molecule has 0 fully saturated rings. The molecule has 1 aromatic rings. The molecule has 0 aliphatic heterocycles. The van der Waals surface area contributed by atoms with E-state index in [1.165, 1.54) is 4.90 Å². The summed E-state index contributed by atoms with van der Waals surface area (Å²) in [5.41, 5.74) is 5.61. The minimum absolute atomic E-state index is 0.0804. The van der Waals surface area contributed by atoms with Crippen molar-refractivity contribution >= 4 is 39.3 Å². The van der Waals surface area contributed by atoms with Gasteiger partial charge in [0, 0.05) is 21.6 Å². The van der Waals surface area contributed by atoms with Gasteiger partial charge < -0.3 is 10.6 Å². The molecular formula is C13H16BrClN2O2. The Hall–Kier alpha value is -1.07. The van der Waals surface area contributed by atoms with E-state index in [0.29, 0.717) is 17.1 Å². The standard InChI is InChI=1S/C13H16BrClN2O2/c1-2-3-4-17(8-12(16)18)13(19)9-5-10(14)7-11(15)6-9/h5-7H,2-4,8H2,1H3,(H2,16,18). The SMILES string of the molecule is CCCCN(CC(N)=O)C(=O)c1cc(Cl)cc(Br)c1. The molecule has 2 N–H and O–H groups in total. The van der Waals surface area contributed by atoms with Gasteiger partial charge in [0.15, 0.2) is 0 Å². The molecule has 0 radical (unpaired) electrons. The Morgan fingerprint density at radius 3 is 2.58 bits per heavy atom. The summed E-state index contributed by atoms with van der Waals surface area (Å²) in [4.78, 5) is 24.8. The van der Waals surface area contributed by atoms with Gasteiger partial charge in [0.2, 0.25) is 5.91 Å². The van der Waals surface area contributed by atoms with Crippen molar-refractivity contribution in [2.45, 2.75) is 19.8 Å². The fourth-order valence-corrected chi connectivity index (χ4v) is 2.51. The van der Waals surface area contributed by atoms with Crippen molar-refractivity contribution in [3.63, 3.8) is 0 Å². The summed E-state index contributed by atoms with van der Waals surface area (Å²) in [6.45, 7) is 2.44. The summed E-state index contributed by atoms with van der Waals surface area (Å²) in [7, 11) is 0. The quantitative estimate of drug-likeness (QED) is 0.860. The van der Waals surface area contributed by atoms with Gasteiger partial charge in [-0.25, -0.2) is 0 Å². The van der Waals surface area contributed by atoms with Crippen molar-refractivity contribution in [3.8, 4) is 0 Å². The predicted octanol–water partition coefficient (Wildman–Crippen LogP) is 2.83. The highest BCUT2D eigenvalue weighted by Gasteiger charge is 2.18. The van der Waals surface area contributed by atoms with E-state index in [4.69, 9.17) is 17.3 Å². The molecule has 0 aliphatic rings. The number of nitrogens with two attached hydrogens (primary N) is 1. The number of primary amides is 1. The normalized spacial score (nSPS) is 10.3. The van der Waals surface area contributed by atoms with Gasteiger partial charge in [-0.15, -0.1) is 0 Å². The first-order valence-corrected chi connectivity index (χ1v) is 7.14. The molecule has 0 saturated heterocycles. The molecule has 0 aromatic heterocycles. The summed E-state index contributed by atoms with van der Waals surface area (Å²) >= 11 is 9.20. The first-order valence-electron chi connectivity index (χ1n) is 5.97. The summed E-state index contributed by atoms with van der Waals surface area (Å²) in [6.07, 6.45) is 1.75. The summed E-state index contributed by atoms with van der Waals surface area (Å²) in [5, 5.41) is 0.465. The van der Waals surface area contributed by atoms with E-state index < -0.39 is 5.91 Å². The second-order valence-electron chi connectivity index (χ2n) is 4.20. The molecule has 0 unspecified atom stereocenters. The largest absolute Gasteiger partial charge is 0.368 e. The molecule has 104 valence electrons. The highest BCUT2D eigenvalue weighted by atomic mass is 79.9. The zero-order chi connectivity index (χ0) is 14.4. The van der Waals surface area contributed by atoms with Gasteiger partial charge >= 0.3 is 0 Å². The van der Waals surface area contributed by atoms with Crippen LogP contribution in [0.4, 0.5) is 0 Å². The molecule has 6 heteroatoms. The van der Waals surface area contributed by atoms with Crippen LogP contribution in [-0.4, -0.2) is 29.8 Å². The number of hydrogen-bond donors (Lipinski definition) is 1. The molecule has 0 saturated carbocycles. The second-order valence-corrected chi connectivity index (χ2v) is 5.56. The molecule has 19 heavy (non-hydrogen) atoms. The van der Waals surface area contributed by atoms with Gasteiger partial charge in [-0.3, -0.25) is 9.59 Å². The summed E-state index contributed by atoms with van der Waals surface area (Å²) in [6, 6.07) is 4.95. The molecule has 2 amide bonds. The molecule has 1 rings (SSSR count). The maximum atomic E-state index is 12.3. The van der Waals surface area contributed by atoms with E-state index in [1.54, 1.807) is 18.2 Å². The average molecular weight is 348 g/mol. The van der Waals surface area contributed by atoms with E-state index in [1.807, 2.05) is 6.92 Å². The van der Waals surface area contributed by atoms with E-state index in [2.05, 4.69) is 15.9 Å². The van der Waals surface area contributed by atoms with E-state index in [-0.39, 0.29) is 12.5 Å². The van der Waals surface area contributed by atoms with Gasteiger partial charge in [-0.1, -0.05) is 40.9 Å². The zero-order valence-electron chi connectivity index (χ0n) is 10.7. The lowest BCUT2D eigenvalue weighted by Crippen LogP contribution is -2.39. The number of nitrogens with zero attached hydrogens (tertiary/aromatic N) is 1. The Morgan fingerprint density at radius 2 is 2.05 bits per heavy atom. The van der Waals surface area contributed by atoms with Crippen molar-refractivity contribution in [3.05, 3.63) is 33.3 Å². The smallest absolute Gasteiger partial charge is 0.254 e. The zero-order valence-corrected chi connectivity index (χ0v) is 13.0. The number of hydrogen-bond acceptors (Lipinski definition) is 2. The lowest BCUT2D eigenvalue weighted by molar-refractivity contribution is -0.118. The Bertz CT molecular complexity index is 459. The van der Waals surface area contributed by atoms with Crippen molar-refractivity contribution in [1.82, 2.24) is 4.90 Å². The number of halogens is 2. The maximum absolute atomic E-state index is 12.3. The minimum atomic E-state index is -0.523. The molecule has 0 bridgehead atoms. The van der Waals surface area contributed by atoms with Gasteiger partial charge in [-0.2, -0.15) is 0 Å². The summed E-state index contributed by atoms with van der Waals surface area (Å²) in [5.74, 6) is -0.763. The molecule has 0 heterocycles. The molecular weight excluding hydrogens is 332 g/mol. The van der Waals surface area contributed by atoms with Crippen molar-refractivity contribution < 1.29 is 9.59 Å². The third kappa shape index (κ3) is 5.20. The van der Waals surface area contributed by atoms with E-state index in [9.17, 15) is 9.59 Å². The van der Waals surface area contributed by atoms with Crippen LogP contribution in [-0.2, 0) is 4.79 Å². The first-order chi connectivity index (χ1) is 8.93. The van der Waals surface area contributed by atoms with Crippen LogP contribution in [0.25, 0.3) is 0 Å². The van der Waals surface area contributed by atoms with Crippen molar-refractivity contribution in [1.29, 1.82) is 0 Å². The number of benzene rings is 1. The minimum Gasteiger partial charge on any atom is -0.368 e. The van der Waals surface area contributed by atoms with Crippen LogP contribution in [0.15, 0.2) is 22.7 Å². The van der Waals surface area contributed by atoms with Crippen LogP contribution in [0.2, 0.25) is 5.02 Å². The maximum Gasteiger partial charge on any atom is 0.254 e. The van der Waals surface area contributed by atoms with Crippen LogP contribution in [0, 0.1) is 0 Å². The molecule has 4 nitrogen and oxygen atoms in total. The highest BCUT2D eigenvalue weighted by Crippen LogP contribution is 2.20. The summed E-state index contributed by atoms with van der Waals surface area (Å²) < 4.78 is 0.720. The fraction of sp³-hybridized carbons (Fsp3) is 0.385. The first kappa shape index (κ1) is 16.0. The van der Waals surface area contributed by atoms with E-state index in [0.717, 1.165) is 17.3 Å². The van der Waals surface area contributed by atoms with Gasteiger partial charge in [0.05, 0.1) is 6.54 Å². The third-order valence-corrected chi connectivity index (χ3v) is 3.20.